The fraction of sp³-hybridized carbons (Fsp3) is 0.455. The number of aryl methyl sites for hydroxylation is 1. The highest BCUT2D eigenvalue weighted by Gasteiger charge is 2.11. The molecule has 1 aliphatic rings. The molecule has 0 saturated carbocycles. The van der Waals surface area contributed by atoms with Crippen molar-refractivity contribution in [3.63, 3.8) is 0 Å². The zero-order valence-corrected chi connectivity index (χ0v) is 8.95. The average molecular weight is 193 g/mol. The van der Waals surface area contributed by atoms with Crippen LogP contribution in [-0.2, 0) is 6.54 Å². The number of rotatable bonds is 0. The van der Waals surface area contributed by atoms with Crippen molar-refractivity contribution in [2.75, 3.05) is 5.75 Å². The summed E-state index contributed by atoms with van der Waals surface area (Å²) in [4.78, 5) is 1.45. The molecule has 1 unspecified atom stereocenters. The van der Waals surface area contributed by atoms with Crippen molar-refractivity contribution >= 4 is 11.8 Å². The maximum Gasteiger partial charge on any atom is 0.0219 e. The number of hydrogen-bond acceptors (Lipinski definition) is 2. The Labute approximate surface area is 83.9 Å². The molecule has 2 rings (SSSR count). The van der Waals surface area contributed by atoms with Gasteiger partial charge in [-0.25, -0.2) is 0 Å². The maximum absolute atomic E-state index is 3.51. The van der Waals surface area contributed by atoms with E-state index in [0.717, 1.165) is 6.54 Å². The minimum Gasteiger partial charge on any atom is -0.309 e. The Morgan fingerprint density at radius 3 is 3.15 bits per heavy atom. The Morgan fingerprint density at radius 2 is 2.31 bits per heavy atom. The van der Waals surface area contributed by atoms with Gasteiger partial charge in [0.1, 0.15) is 0 Å². The first-order valence-electron chi connectivity index (χ1n) is 4.71. The molecule has 1 atom stereocenters. The van der Waals surface area contributed by atoms with E-state index in [1.54, 1.807) is 0 Å². The smallest absolute Gasteiger partial charge is 0.0219 e. The van der Waals surface area contributed by atoms with Crippen LogP contribution in [0.3, 0.4) is 0 Å². The highest BCUT2D eigenvalue weighted by atomic mass is 32.2. The Bertz CT molecular complexity index is 309. The standard InChI is InChI=1S/C11H15NS/c1-8-3-4-11-10(5-8)6-12-9(2)7-13-11/h3-5,9,12H,6-7H2,1-2H3. The Balaban J connectivity index is 2.30. The van der Waals surface area contributed by atoms with Gasteiger partial charge in [0.25, 0.3) is 0 Å². The average Bonchev–Trinajstić information content (AvgIpc) is 2.29. The molecule has 13 heavy (non-hydrogen) atoms. The fourth-order valence-electron chi connectivity index (χ4n) is 1.55. The molecule has 0 aliphatic carbocycles. The molecule has 2 heteroatoms. The summed E-state index contributed by atoms with van der Waals surface area (Å²) in [5, 5.41) is 3.51. The quantitative estimate of drug-likeness (QED) is 0.679. The molecule has 0 fully saturated rings. The molecule has 0 saturated heterocycles. The lowest BCUT2D eigenvalue weighted by molar-refractivity contribution is 0.598. The van der Waals surface area contributed by atoms with E-state index >= 15 is 0 Å². The van der Waals surface area contributed by atoms with Gasteiger partial charge in [-0.2, -0.15) is 0 Å². The molecule has 1 nitrogen and oxygen atoms in total. The molecule has 70 valence electrons. The van der Waals surface area contributed by atoms with E-state index < -0.39 is 0 Å². The molecule has 0 radical (unpaired) electrons. The zero-order valence-electron chi connectivity index (χ0n) is 8.13. The lowest BCUT2D eigenvalue weighted by Crippen LogP contribution is -2.25. The summed E-state index contributed by atoms with van der Waals surface area (Å²) < 4.78 is 0. The molecule has 1 aromatic carbocycles. The topological polar surface area (TPSA) is 12.0 Å². The number of hydrogen-bond donors (Lipinski definition) is 1. The number of fused-ring (bicyclic) bond motifs is 1. The van der Waals surface area contributed by atoms with Crippen molar-refractivity contribution in [2.24, 2.45) is 0 Å². The van der Waals surface area contributed by atoms with Crippen LogP contribution in [0.1, 0.15) is 18.1 Å². The minimum absolute atomic E-state index is 0.623. The van der Waals surface area contributed by atoms with E-state index in [-0.39, 0.29) is 0 Å². The van der Waals surface area contributed by atoms with Gasteiger partial charge in [0.15, 0.2) is 0 Å². The predicted molar refractivity (Wildman–Crippen MR) is 58.2 cm³/mol. The third-order valence-electron chi connectivity index (χ3n) is 2.35. The third-order valence-corrected chi connectivity index (χ3v) is 3.72. The van der Waals surface area contributed by atoms with Crippen LogP contribution in [-0.4, -0.2) is 11.8 Å². The zero-order chi connectivity index (χ0) is 9.26. The molecule has 1 heterocycles. The molecule has 0 bridgehead atoms. The van der Waals surface area contributed by atoms with Crippen LogP contribution >= 0.6 is 11.8 Å². The summed E-state index contributed by atoms with van der Waals surface area (Å²) in [7, 11) is 0. The van der Waals surface area contributed by atoms with E-state index in [0.29, 0.717) is 6.04 Å². The second kappa shape index (κ2) is 3.72. The van der Waals surface area contributed by atoms with Crippen molar-refractivity contribution in [2.45, 2.75) is 31.3 Å². The molecule has 1 N–H and O–H groups in total. The first kappa shape index (κ1) is 9.10. The lowest BCUT2D eigenvalue weighted by Gasteiger charge is -2.06. The summed E-state index contributed by atoms with van der Waals surface area (Å²) in [5.41, 5.74) is 2.81. The highest BCUT2D eigenvalue weighted by molar-refractivity contribution is 7.99. The molecule has 1 aromatic rings. The van der Waals surface area contributed by atoms with Crippen LogP contribution in [0.15, 0.2) is 23.1 Å². The third kappa shape index (κ3) is 2.06. The second-order valence-electron chi connectivity index (χ2n) is 3.70. The van der Waals surface area contributed by atoms with E-state index in [2.05, 4.69) is 37.4 Å². The molecular formula is C11H15NS. The Morgan fingerprint density at radius 1 is 1.46 bits per heavy atom. The van der Waals surface area contributed by atoms with Crippen molar-refractivity contribution < 1.29 is 0 Å². The Hall–Kier alpha value is -0.470. The summed E-state index contributed by atoms with van der Waals surface area (Å²) in [6.07, 6.45) is 0. The van der Waals surface area contributed by atoms with Crippen LogP contribution in [0.25, 0.3) is 0 Å². The van der Waals surface area contributed by atoms with Crippen LogP contribution in [0.5, 0.6) is 0 Å². The van der Waals surface area contributed by atoms with Crippen LogP contribution < -0.4 is 5.32 Å². The SMILES string of the molecule is Cc1ccc2c(c1)CNC(C)CS2. The van der Waals surface area contributed by atoms with E-state index in [4.69, 9.17) is 0 Å². The van der Waals surface area contributed by atoms with E-state index in [9.17, 15) is 0 Å². The van der Waals surface area contributed by atoms with Gasteiger partial charge in [0.2, 0.25) is 0 Å². The van der Waals surface area contributed by atoms with Gasteiger partial charge < -0.3 is 5.32 Å². The number of thioether (sulfide) groups is 1. The highest BCUT2D eigenvalue weighted by Crippen LogP contribution is 2.26. The van der Waals surface area contributed by atoms with Gasteiger partial charge in [-0.05, 0) is 25.5 Å². The largest absolute Gasteiger partial charge is 0.309 e. The van der Waals surface area contributed by atoms with Crippen molar-refractivity contribution in [1.82, 2.24) is 5.32 Å². The first-order valence-corrected chi connectivity index (χ1v) is 5.70. The molecule has 0 spiro atoms. The van der Waals surface area contributed by atoms with Gasteiger partial charge in [0, 0.05) is 23.2 Å². The van der Waals surface area contributed by atoms with Crippen molar-refractivity contribution in [3.8, 4) is 0 Å². The second-order valence-corrected chi connectivity index (χ2v) is 4.77. The summed E-state index contributed by atoms with van der Waals surface area (Å²) >= 11 is 1.96. The van der Waals surface area contributed by atoms with Crippen LogP contribution in [0, 0.1) is 6.92 Å². The maximum atomic E-state index is 3.51. The van der Waals surface area contributed by atoms with Gasteiger partial charge >= 0.3 is 0 Å². The normalized spacial score (nSPS) is 22.2. The van der Waals surface area contributed by atoms with E-state index in [1.807, 2.05) is 11.8 Å². The van der Waals surface area contributed by atoms with Gasteiger partial charge in [0.05, 0.1) is 0 Å². The van der Waals surface area contributed by atoms with Crippen molar-refractivity contribution in [1.29, 1.82) is 0 Å². The monoisotopic (exact) mass is 193 g/mol. The summed E-state index contributed by atoms with van der Waals surface area (Å²) in [6.45, 7) is 5.41. The molecular weight excluding hydrogens is 178 g/mol. The predicted octanol–water partition coefficient (Wildman–Crippen LogP) is 2.58. The van der Waals surface area contributed by atoms with Crippen molar-refractivity contribution in [3.05, 3.63) is 29.3 Å². The summed E-state index contributed by atoms with van der Waals surface area (Å²) in [6, 6.07) is 7.35. The number of nitrogens with one attached hydrogen (secondary N) is 1. The van der Waals surface area contributed by atoms with Crippen LogP contribution in [0.2, 0.25) is 0 Å². The van der Waals surface area contributed by atoms with Gasteiger partial charge in [-0.15, -0.1) is 11.8 Å². The minimum atomic E-state index is 0.623. The Kier molecular flexibility index (Phi) is 2.61. The number of benzene rings is 1. The molecule has 1 aliphatic heterocycles. The fourth-order valence-corrected chi connectivity index (χ4v) is 2.57. The molecule has 0 amide bonds. The van der Waals surface area contributed by atoms with Gasteiger partial charge in [-0.3, -0.25) is 0 Å². The lowest BCUT2D eigenvalue weighted by atomic mass is 10.1. The summed E-state index contributed by atoms with van der Waals surface area (Å²) in [5.74, 6) is 1.18. The first-order chi connectivity index (χ1) is 6.25. The van der Waals surface area contributed by atoms with Crippen LogP contribution in [0.4, 0.5) is 0 Å². The van der Waals surface area contributed by atoms with E-state index in [1.165, 1.54) is 21.8 Å². The van der Waals surface area contributed by atoms with Gasteiger partial charge in [-0.1, -0.05) is 17.7 Å². The molecule has 0 aromatic heterocycles.